The Hall–Kier alpha value is -0.805. The molecule has 15 heavy (non-hydrogen) atoms. The molecule has 2 heterocycles. The van der Waals surface area contributed by atoms with Gasteiger partial charge in [-0.15, -0.1) is 0 Å². The van der Waals surface area contributed by atoms with E-state index in [-0.39, 0.29) is 7.05 Å². The topological polar surface area (TPSA) is 41.3 Å². The van der Waals surface area contributed by atoms with Crippen LogP contribution in [0, 0.1) is 5.92 Å². The smallest absolute Gasteiger partial charge is 0.376 e. The van der Waals surface area contributed by atoms with Crippen LogP contribution in [-0.2, 0) is 6.54 Å². The first kappa shape index (κ1) is 10.7. The molecule has 0 amide bonds. The van der Waals surface area contributed by atoms with Crippen LogP contribution in [0.2, 0.25) is 6.82 Å². The molecule has 0 bridgehead atoms. The van der Waals surface area contributed by atoms with Crippen molar-refractivity contribution in [1.29, 1.82) is 0 Å². The lowest BCUT2D eigenvalue weighted by atomic mass is 9.80. The Morgan fingerprint density at radius 2 is 2.47 bits per heavy atom. The van der Waals surface area contributed by atoms with Crippen LogP contribution in [0.4, 0.5) is 0 Å². The normalized spacial score (nSPS) is 22.9. The molecule has 5 heteroatoms. The summed E-state index contributed by atoms with van der Waals surface area (Å²) in [5.41, 5.74) is 0. The van der Waals surface area contributed by atoms with E-state index in [0.717, 1.165) is 19.6 Å². The Balaban J connectivity index is 1.88. The molecule has 1 aliphatic heterocycles. The minimum Gasteiger partial charge on any atom is -0.437 e. The number of nitrogens with zero attached hydrogens (tertiary/aromatic N) is 3. The number of hydrogen-bond donors (Lipinski definition) is 1. The molecule has 1 aromatic heterocycles. The maximum atomic E-state index is 9.53. The molecule has 0 spiro atoms. The average Bonchev–Trinajstić information content (AvgIpc) is 2.71. The van der Waals surface area contributed by atoms with Gasteiger partial charge in [-0.05, 0) is 38.7 Å². The van der Waals surface area contributed by atoms with Crippen molar-refractivity contribution in [3.63, 3.8) is 0 Å². The largest absolute Gasteiger partial charge is 0.437 e. The van der Waals surface area contributed by atoms with Crippen molar-refractivity contribution in [1.82, 2.24) is 14.4 Å². The number of rotatable bonds is 3. The quantitative estimate of drug-likeness (QED) is 0.742. The van der Waals surface area contributed by atoms with E-state index < -0.39 is 0 Å². The summed E-state index contributed by atoms with van der Waals surface area (Å²) in [5.74, 6) is 0.641. The molecule has 82 valence electrons. The Labute approximate surface area is 91.1 Å². The number of piperidine rings is 1. The van der Waals surface area contributed by atoms with Crippen LogP contribution in [0.1, 0.15) is 12.8 Å². The lowest BCUT2D eigenvalue weighted by Crippen LogP contribution is -2.45. The van der Waals surface area contributed by atoms with E-state index in [9.17, 15) is 5.02 Å². The summed E-state index contributed by atoms with van der Waals surface area (Å²) in [6.07, 6.45) is 8.11. The summed E-state index contributed by atoms with van der Waals surface area (Å²) in [7, 11) is -0.310. The Bertz CT molecular complexity index is 289. The zero-order valence-electron chi connectivity index (χ0n) is 9.21. The van der Waals surface area contributed by atoms with Crippen molar-refractivity contribution in [2.45, 2.75) is 26.2 Å². The zero-order valence-corrected chi connectivity index (χ0v) is 9.21. The highest BCUT2D eigenvalue weighted by Gasteiger charge is 2.24. The molecular formula is C10H18BN3O. The van der Waals surface area contributed by atoms with Gasteiger partial charge in [-0.2, -0.15) is 0 Å². The molecule has 0 saturated carbocycles. The Kier molecular flexibility index (Phi) is 3.43. The molecule has 4 nitrogen and oxygen atoms in total. The van der Waals surface area contributed by atoms with Crippen LogP contribution in [-0.4, -0.2) is 39.5 Å². The average molecular weight is 207 g/mol. The molecule has 1 fully saturated rings. The Morgan fingerprint density at radius 1 is 1.60 bits per heavy atom. The van der Waals surface area contributed by atoms with Crippen LogP contribution in [0.25, 0.3) is 0 Å². The van der Waals surface area contributed by atoms with E-state index in [1.54, 1.807) is 0 Å². The second-order valence-electron chi connectivity index (χ2n) is 4.39. The van der Waals surface area contributed by atoms with Crippen molar-refractivity contribution in [3.8, 4) is 0 Å². The summed E-state index contributed by atoms with van der Waals surface area (Å²) in [5, 5.41) is 9.53. The molecule has 0 unspecified atom stereocenters. The fourth-order valence-corrected chi connectivity index (χ4v) is 2.28. The highest BCUT2D eigenvalue weighted by molar-refractivity contribution is 6.45. The van der Waals surface area contributed by atoms with Gasteiger partial charge in [-0.3, -0.25) is 0 Å². The van der Waals surface area contributed by atoms with Crippen molar-refractivity contribution in [2.75, 3.05) is 13.1 Å². The molecule has 1 N–H and O–H groups in total. The molecule has 0 aromatic carbocycles. The lowest BCUT2D eigenvalue weighted by Gasteiger charge is -2.33. The van der Waals surface area contributed by atoms with Crippen LogP contribution in [0.15, 0.2) is 18.7 Å². The first-order valence-electron chi connectivity index (χ1n) is 5.63. The summed E-state index contributed by atoms with van der Waals surface area (Å²) in [6.45, 7) is 4.89. The highest BCUT2D eigenvalue weighted by Crippen LogP contribution is 2.18. The standard InChI is InChI=1S/C10H18BN3O/c1-11(15)14-5-2-3-10(8-14)7-13-6-4-12-9-13/h4,6,9-10,15H,2-3,5,7-8H2,1H3/t10-/m1/s1. The number of aromatic nitrogens is 2. The van der Waals surface area contributed by atoms with E-state index >= 15 is 0 Å². The van der Waals surface area contributed by atoms with E-state index in [1.807, 2.05) is 25.5 Å². The van der Waals surface area contributed by atoms with Crippen LogP contribution < -0.4 is 0 Å². The van der Waals surface area contributed by atoms with Crippen molar-refractivity contribution < 1.29 is 5.02 Å². The summed E-state index contributed by atoms with van der Waals surface area (Å²) in [6, 6.07) is 0. The third-order valence-corrected chi connectivity index (χ3v) is 3.11. The first-order valence-corrected chi connectivity index (χ1v) is 5.63. The SMILES string of the molecule is CB(O)N1CCC[C@H](Cn2ccnc2)C1. The van der Waals surface area contributed by atoms with E-state index in [0.29, 0.717) is 5.92 Å². The van der Waals surface area contributed by atoms with E-state index in [2.05, 4.69) is 14.4 Å². The molecule has 1 atom stereocenters. The predicted octanol–water partition coefficient (Wildman–Crippen LogP) is 0.705. The Morgan fingerprint density at radius 3 is 3.13 bits per heavy atom. The van der Waals surface area contributed by atoms with Crippen molar-refractivity contribution >= 4 is 7.05 Å². The molecule has 0 aliphatic carbocycles. The fraction of sp³-hybridized carbons (Fsp3) is 0.700. The second kappa shape index (κ2) is 4.81. The third-order valence-electron chi connectivity index (χ3n) is 3.11. The first-order chi connectivity index (χ1) is 7.25. The maximum absolute atomic E-state index is 9.53. The minimum absolute atomic E-state index is 0.310. The van der Waals surface area contributed by atoms with Gasteiger partial charge in [0.1, 0.15) is 0 Å². The zero-order chi connectivity index (χ0) is 10.7. The van der Waals surface area contributed by atoms with Gasteiger partial charge in [0, 0.05) is 18.9 Å². The minimum atomic E-state index is -0.310. The molecule has 0 radical (unpaired) electrons. The van der Waals surface area contributed by atoms with Gasteiger partial charge >= 0.3 is 7.05 Å². The van der Waals surface area contributed by atoms with E-state index in [4.69, 9.17) is 0 Å². The predicted molar refractivity (Wildman–Crippen MR) is 60.4 cm³/mol. The molecular weight excluding hydrogens is 189 g/mol. The van der Waals surface area contributed by atoms with Crippen LogP contribution >= 0.6 is 0 Å². The summed E-state index contributed by atoms with van der Waals surface area (Å²) < 4.78 is 2.12. The fourth-order valence-electron chi connectivity index (χ4n) is 2.28. The second-order valence-corrected chi connectivity index (χ2v) is 4.39. The molecule has 1 aliphatic rings. The number of hydrogen-bond acceptors (Lipinski definition) is 3. The summed E-state index contributed by atoms with van der Waals surface area (Å²) in [4.78, 5) is 6.19. The summed E-state index contributed by atoms with van der Waals surface area (Å²) >= 11 is 0. The third kappa shape index (κ3) is 2.82. The van der Waals surface area contributed by atoms with Gasteiger partial charge in [0.2, 0.25) is 0 Å². The van der Waals surface area contributed by atoms with Gasteiger partial charge in [-0.1, -0.05) is 0 Å². The van der Waals surface area contributed by atoms with Gasteiger partial charge in [0.25, 0.3) is 0 Å². The van der Waals surface area contributed by atoms with Gasteiger partial charge < -0.3 is 14.4 Å². The highest BCUT2D eigenvalue weighted by atomic mass is 16.2. The van der Waals surface area contributed by atoms with Gasteiger partial charge in [-0.25, -0.2) is 4.98 Å². The molecule has 1 aromatic rings. The van der Waals surface area contributed by atoms with Crippen molar-refractivity contribution in [2.24, 2.45) is 5.92 Å². The molecule has 1 saturated heterocycles. The monoisotopic (exact) mass is 207 g/mol. The number of imidazole rings is 1. The lowest BCUT2D eigenvalue weighted by molar-refractivity contribution is 0.225. The van der Waals surface area contributed by atoms with Crippen molar-refractivity contribution in [3.05, 3.63) is 18.7 Å². The van der Waals surface area contributed by atoms with Gasteiger partial charge in [0.15, 0.2) is 0 Å². The maximum Gasteiger partial charge on any atom is 0.376 e. The van der Waals surface area contributed by atoms with Crippen LogP contribution in [0.3, 0.4) is 0 Å². The van der Waals surface area contributed by atoms with Gasteiger partial charge in [0.05, 0.1) is 6.33 Å². The van der Waals surface area contributed by atoms with E-state index in [1.165, 1.54) is 12.8 Å². The molecule has 2 rings (SSSR count). The van der Waals surface area contributed by atoms with Crippen LogP contribution in [0.5, 0.6) is 0 Å².